The number of benzene rings is 3. The summed E-state index contributed by atoms with van der Waals surface area (Å²) in [5.41, 5.74) is 3.32. The zero-order chi connectivity index (χ0) is 24.2. The number of carbonyl (C=O) groups excluding carboxylic acids is 1. The van der Waals surface area contributed by atoms with Crippen LogP contribution in [0.3, 0.4) is 0 Å². The van der Waals surface area contributed by atoms with Crippen LogP contribution < -0.4 is 10.1 Å². The van der Waals surface area contributed by atoms with Crippen molar-refractivity contribution < 1.29 is 14.3 Å². The molecule has 0 radical (unpaired) electrons. The summed E-state index contributed by atoms with van der Waals surface area (Å²) in [4.78, 5) is 15.0. The molecule has 0 bridgehead atoms. The maximum Gasteiger partial charge on any atom is 0.251 e. The predicted molar refractivity (Wildman–Crippen MR) is 139 cm³/mol. The number of nitrogens with zero attached hydrogens (tertiary/aromatic N) is 2. The Bertz CT molecular complexity index is 1330. The molecular weight excluding hydrogens is 440 g/mol. The minimum absolute atomic E-state index is 0.123. The Kier molecular flexibility index (Phi) is 6.97. The number of likely N-dealkylation sites (N-methyl/N-ethyl adjacent to an activating group) is 1. The van der Waals surface area contributed by atoms with Crippen LogP contribution in [0.25, 0.3) is 32.9 Å². The summed E-state index contributed by atoms with van der Waals surface area (Å²) in [7, 11) is 1.61. The van der Waals surface area contributed by atoms with Gasteiger partial charge in [-0.1, -0.05) is 25.1 Å². The molecule has 1 aromatic heterocycles. The average Bonchev–Trinajstić information content (AvgIpc) is 3.53. The van der Waals surface area contributed by atoms with E-state index in [0.717, 1.165) is 51.8 Å². The first kappa shape index (κ1) is 23.3. The Morgan fingerprint density at radius 2 is 2.00 bits per heavy atom. The smallest absolute Gasteiger partial charge is 0.251 e. The van der Waals surface area contributed by atoms with Gasteiger partial charge >= 0.3 is 0 Å². The number of rotatable bonds is 9. The third-order valence-corrected chi connectivity index (χ3v) is 6.85. The molecule has 0 aliphatic carbocycles. The Hall–Kier alpha value is -3.42. The van der Waals surface area contributed by atoms with Crippen LogP contribution in [0.5, 0.6) is 5.75 Å². The number of amides is 1. The lowest BCUT2D eigenvalue weighted by Gasteiger charge is -2.22. The van der Waals surface area contributed by atoms with Gasteiger partial charge in [0.1, 0.15) is 12.4 Å². The molecule has 1 saturated heterocycles. The number of hydrogen-bond donors (Lipinski definition) is 2. The molecule has 1 fully saturated rings. The van der Waals surface area contributed by atoms with Crippen LogP contribution in [-0.2, 0) is 4.74 Å². The zero-order valence-electron chi connectivity index (χ0n) is 20.3. The van der Waals surface area contributed by atoms with Gasteiger partial charge in [-0.3, -0.25) is 14.8 Å². The van der Waals surface area contributed by atoms with Crippen molar-refractivity contribution in [3.63, 3.8) is 0 Å². The number of ether oxygens (including phenoxy) is 2. The molecule has 182 valence electrons. The molecular formula is C28H32N4O3. The number of methoxy groups -OCH3 is 1. The van der Waals surface area contributed by atoms with E-state index in [9.17, 15) is 4.79 Å². The third-order valence-electron chi connectivity index (χ3n) is 6.85. The second-order valence-electron chi connectivity index (χ2n) is 9.04. The van der Waals surface area contributed by atoms with Crippen LogP contribution >= 0.6 is 0 Å². The van der Waals surface area contributed by atoms with Crippen LogP contribution in [0, 0.1) is 0 Å². The largest absolute Gasteiger partial charge is 0.492 e. The summed E-state index contributed by atoms with van der Waals surface area (Å²) in [6, 6.07) is 18.7. The van der Waals surface area contributed by atoms with E-state index < -0.39 is 0 Å². The lowest BCUT2D eigenvalue weighted by atomic mass is 10.0. The quantitative estimate of drug-likeness (QED) is 0.348. The van der Waals surface area contributed by atoms with Crippen molar-refractivity contribution >= 4 is 27.6 Å². The highest BCUT2D eigenvalue weighted by Gasteiger charge is 2.23. The van der Waals surface area contributed by atoms with Gasteiger partial charge in [0.05, 0.1) is 17.8 Å². The Morgan fingerprint density at radius 1 is 1.14 bits per heavy atom. The summed E-state index contributed by atoms with van der Waals surface area (Å²) >= 11 is 0. The Labute approximate surface area is 205 Å². The molecule has 4 aromatic rings. The number of likely N-dealkylation sites (tertiary alicyclic amines) is 1. The first-order valence-electron chi connectivity index (χ1n) is 12.3. The molecule has 7 heteroatoms. The number of fused-ring (bicyclic) bond motifs is 2. The topological polar surface area (TPSA) is 79.5 Å². The highest BCUT2D eigenvalue weighted by atomic mass is 16.5. The Morgan fingerprint density at radius 3 is 2.86 bits per heavy atom. The molecule has 35 heavy (non-hydrogen) atoms. The fourth-order valence-electron chi connectivity index (χ4n) is 4.90. The van der Waals surface area contributed by atoms with Crippen molar-refractivity contribution in [3.8, 4) is 17.0 Å². The first-order chi connectivity index (χ1) is 17.2. The maximum atomic E-state index is 12.5. The van der Waals surface area contributed by atoms with E-state index in [0.29, 0.717) is 24.8 Å². The highest BCUT2D eigenvalue weighted by molar-refractivity contribution is 6.02. The van der Waals surface area contributed by atoms with Crippen molar-refractivity contribution in [2.24, 2.45) is 0 Å². The molecule has 5 rings (SSSR count). The summed E-state index contributed by atoms with van der Waals surface area (Å²) in [6.45, 7) is 6.15. The van der Waals surface area contributed by atoms with Gasteiger partial charge in [0.25, 0.3) is 5.91 Å². The molecule has 1 aliphatic rings. The van der Waals surface area contributed by atoms with Gasteiger partial charge in [-0.2, -0.15) is 5.10 Å². The standard InChI is InChI=1S/C28H32N4O3/c1-3-32-13-4-5-23(32)18-35-24-10-8-19-15-21(7-6-20(19)16-24)27-25-17-22(9-11-26(25)30-31-27)28(33)29-12-14-34-2/h6-11,15-17,23H,3-5,12-14,18H2,1-2H3,(H,29,33)(H,30,31)/t23-/m0/s1. The van der Waals surface area contributed by atoms with E-state index in [4.69, 9.17) is 9.47 Å². The van der Waals surface area contributed by atoms with Crippen molar-refractivity contribution in [1.82, 2.24) is 20.4 Å². The summed E-state index contributed by atoms with van der Waals surface area (Å²) < 4.78 is 11.2. The minimum Gasteiger partial charge on any atom is -0.492 e. The lowest BCUT2D eigenvalue weighted by Crippen LogP contribution is -2.33. The highest BCUT2D eigenvalue weighted by Crippen LogP contribution is 2.31. The number of hydrogen-bond acceptors (Lipinski definition) is 5. The van der Waals surface area contributed by atoms with E-state index in [2.05, 4.69) is 57.7 Å². The van der Waals surface area contributed by atoms with Gasteiger partial charge in [0.15, 0.2) is 0 Å². The summed E-state index contributed by atoms with van der Waals surface area (Å²) in [6.07, 6.45) is 2.46. The second-order valence-corrected chi connectivity index (χ2v) is 9.04. The van der Waals surface area contributed by atoms with Crippen LogP contribution in [0.4, 0.5) is 0 Å². The molecule has 2 heterocycles. The molecule has 0 spiro atoms. The number of aromatic amines is 1. The molecule has 2 N–H and O–H groups in total. The van der Waals surface area contributed by atoms with Gasteiger partial charge < -0.3 is 14.8 Å². The van der Waals surface area contributed by atoms with Gasteiger partial charge in [0, 0.05) is 36.2 Å². The average molecular weight is 473 g/mol. The first-order valence-corrected chi connectivity index (χ1v) is 12.3. The van der Waals surface area contributed by atoms with E-state index in [1.54, 1.807) is 13.2 Å². The minimum atomic E-state index is -0.123. The number of carbonyl (C=O) groups is 1. The fourth-order valence-corrected chi connectivity index (χ4v) is 4.90. The zero-order valence-corrected chi connectivity index (χ0v) is 20.3. The van der Waals surface area contributed by atoms with Crippen molar-refractivity contribution in [2.75, 3.05) is 40.0 Å². The Balaban J connectivity index is 1.35. The van der Waals surface area contributed by atoms with Crippen LogP contribution in [0.2, 0.25) is 0 Å². The van der Waals surface area contributed by atoms with E-state index in [1.165, 1.54) is 19.4 Å². The normalized spacial score (nSPS) is 16.2. The van der Waals surface area contributed by atoms with Gasteiger partial charge in [0.2, 0.25) is 0 Å². The van der Waals surface area contributed by atoms with E-state index in [1.807, 2.05) is 18.2 Å². The number of aromatic nitrogens is 2. The van der Waals surface area contributed by atoms with E-state index in [-0.39, 0.29) is 5.91 Å². The molecule has 1 atom stereocenters. The molecule has 1 aliphatic heterocycles. The van der Waals surface area contributed by atoms with Crippen LogP contribution in [-0.4, -0.2) is 67.0 Å². The number of nitrogens with one attached hydrogen (secondary N) is 2. The summed E-state index contributed by atoms with van der Waals surface area (Å²) in [5.74, 6) is 0.782. The number of H-pyrrole nitrogens is 1. The predicted octanol–water partition coefficient (Wildman–Crippen LogP) is 4.62. The fraction of sp³-hybridized carbons (Fsp3) is 0.357. The van der Waals surface area contributed by atoms with Crippen molar-refractivity contribution in [3.05, 3.63) is 60.2 Å². The van der Waals surface area contributed by atoms with Gasteiger partial charge in [-0.15, -0.1) is 0 Å². The molecule has 7 nitrogen and oxygen atoms in total. The second kappa shape index (κ2) is 10.5. The van der Waals surface area contributed by atoms with Crippen molar-refractivity contribution in [1.29, 1.82) is 0 Å². The lowest BCUT2D eigenvalue weighted by molar-refractivity contribution is 0.0937. The van der Waals surface area contributed by atoms with Crippen LogP contribution in [0.15, 0.2) is 54.6 Å². The van der Waals surface area contributed by atoms with E-state index >= 15 is 0 Å². The molecule has 0 saturated carbocycles. The van der Waals surface area contributed by atoms with Gasteiger partial charge in [-0.05, 0) is 73.1 Å². The van der Waals surface area contributed by atoms with Crippen LogP contribution in [0.1, 0.15) is 30.1 Å². The molecule has 3 aromatic carbocycles. The van der Waals surface area contributed by atoms with Gasteiger partial charge in [-0.25, -0.2) is 0 Å². The monoisotopic (exact) mass is 472 g/mol. The molecule has 0 unspecified atom stereocenters. The molecule has 1 amide bonds. The maximum absolute atomic E-state index is 12.5. The third kappa shape index (κ3) is 5.01. The van der Waals surface area contributed by atoms with Crippen molar-refractivity contribution in [2.45, 2.75) is 25.8 Å². The summed E-state index contributed by atoms with van der Waals surface area (Å²) in [5, 5.41) is 13.7. The SMILES string of the molecule is CCN1CCC[C@H]1COc1ccc2cc(-c3n[nH]c4ccc(C(=O)NCCOC)cc34)ccc2c1.